The lowest BCUT2D eigenvalue weighted by Crippen LogP contribution is -2.15. The first-order chi connectivity index (χ1) is 13.9. The maximum atomic E-state index is 12.7. The Bertz CT molecular complexity index is 1190. The normalized spacial score (nSPS) is 11.0. The molecule has 0 aliphatic rings. The van der Waals surface area contributed by atoms with Gasteiger partial charge in [0.2, 0.25) is 5.78 Å². The fraction of sp³-hybridized carbons (Fsp3) is 0.130. The Labute approximate surface area is 172 Å². The molecular formula is C23H19ClN2O3. The molecule has 0 radical (unpaired) electrons. The summed E-state index contributed by atoms with van der Waals surface area (Å²) in [6.45, 7) is 3.47. The molecule has 0 unspecified atom stereocenters. The zero-order valence-corrected chi connectivity index (χ0v) is 16.8. The van der Waals surface area contributed by atoms with Gasteiger partial charge in [-0.25, -0.2) is 4.79 Å². The number of aromatic nitrogens is 2. The van der Waals surface area contributed by atoms with Crippen LogP contribution in [0.15, 0.2) is 60.7 Å². The molecule has 4 aromatic rings. The summed E-state index contributed by atoms with van der Waals surface area (Å²) >= 11 is 5.97. The number of aromatic amines is 1. The van der Waals surface area contributed by atoms with Gasteiger partial charge in [-0.2, -0.15) is 0 Å². The molecule has 1 N–H and O–H groups in total. The number of ether oxygens (including phenoxy) is 1. The highest BCUT2D eigenvalue weighted by atomic mass is 35.5. The highest BCUT2D eigenvalue weighted by Crippen LogP contribution is 2.23. The van der Waals surface area contributed by atoms with E-state index in [1.54, 1.807) is 18.2 Å². The van der Waals surface area contributed by atoms with Crippen LogP contribution in [0.1, 0.15) is 32.2 Å². The molecule has 2 aromatic heterocycles. The summed E-state index contributed by atoms with van der Waals surface area (Å²) in [6.07, 6.45) is 0. The number of para-hydroxylation sites is 1. The van der Waals surface area contributed by atoms with Crippen molar-refractivity contribution in [2.75, 3.05) is 6.61 Å². The molecule has 146 valence electrons. The van der Waals surface area contributed by atoms with Gasteiger partial charge in [-0.3, -0.25) is 4.79 Å². The number of nitrogens with one attached hydrogen (secondary N) is 1. The van der Waals surface area contributed by atoms with Crippen LogP contribution in [0.2, 0.25) is 5.02 Å². The van der Waals surface area contributed by atoms with Gasteiger partial charge in [0.1, 0.15) is 5.69 Å². The smallest absolute Gasteiger partial charge is 0.355 e. The SMILES string of the molecule is Cc1cc(C(=O)COC(=O)c2cc3ccccc3[nH]2)c(C)n1-c1ccc(Cl)cc1. The summed E-state index contributed by atoms with van der Waals surface area (Å²) in [7, 11) is 0. The quantitative estimate of drug-likeness (QED) is 0.363. The number of Topliss-reactive ketones (excluding diaryl/α,β-unsaturated/α-hetero) is 1. The van der Waals surface area contributed by atoms with E-state index in [9.17, 15) is 9.59 Å². The van der Waals surface area contributed by atoms with Crippen LogP contribution < -0.4 is 0 Å². The van der Waals surface area contributed by atoms with Crippen LogP contribution in [-0.4, -0.2) is 27.9 Å². The topological polar surface area (TPSA) is 64.1 Å². The molecule has 0 aliphatic carbocycles. The summed E-state index contributed by atoms with van der Waals surface area (Å²) in [5.74, 6) is -0.802. The lowest BCUT2D eigenvalue weighted by molar-refractivity contribution is 0.0469. The first-order valence-corrected chi connectivity index (χ1v) is 9.55. The van der Waals surface area contributed by atoms with Crippen molar-refractivity contribution in [1.29, 1.82) is 0 Å². The van der Waals surface area contributed by atoms with Crippen LogP contribution >= 0.6 is 11.6 Å². The van der Waals surface area contributed by atoms with Crippen molar-refractivity contribution in [3.05, 3.63) is 88.3 Å². The van der Waals surface area contributed by atoms with Gasteiger partial charge in [-0.15, -0.1) is 0 Å². The maximum absolute atomic E-state index is 12.7. The van der Waals surface area contributed by atoms with Crippen LogP contribution in [0.5, 0.6) is 0 Å². The van der Waals surface area contributed by atoms with E-state index in [0.29, 0.717) is 16.3 Å². The summed E-state index contributed by atoms with van der Waals surface area (Å²) < 4.78 is 7.23. The number of nitrogens with zero attached hydrogens (tertiary/aromatic N) is 1. The van der Waals surface area contributed by atoms with Gasteiger partial charge in [-0.05, 0) is 56.3 Å². The van der Waals surface area contributed by atoms with Crippen LogP contribution in [0, 0.1) is 13.8 Å². The zero-order chi connectivity index (χ0) is 20.5. The second-order valence-corrected chi connectivity index (χ2v) is 7.30. The minimum absolute atomic E-state index is 0.247. The predicted molar refractivity (Wildman–Crippen MR) is 113 cm³/mol. The Morgan fingerprint density at radius 2 is 1.76 bits per heavy atom. The van der Waals surface area contributed by atoms with Gasteiger partial charge in [0.15, 0.2) is 6.61 Å². The van der Waals surface area contributed by atoms with E-state index in [-0.39, 0.29) is 12.4 Å². The van der Waals surface area contributed by atoms with Crippen LogP contribution in [0.3, 0.4) is 0 Å². The van der Waals surface area contributed by atoms with Crippen molar-refractivity contribution in [2.45, 2.75) is 13.8 Å². The summed E-state index contributed by atoms with van der Waals surface area (Å²) in [4.78, 5) is 28.0. The molecule has 0 saturated carbocycles. The molecule has 0 saturated heterocycles. The second-order valence-electron chi connectivity index (χ2n) is 6.87. The molecule has 5 nitrogen and oxygen atoms in total. The second kappa shape index (κ2) is 7.60. The monoisotopic (exact) mass is 406 g/mol. The Morgan fingerprint density at radius 1 is 1.03 bits per heavy atom. The van der Waals surface area contributed by atoms with Gasteiger partial charge in [0, 0.05) is 38.6 Å². The molecule has 0 spiro atoms. The van der Waals surface area contributed by atoms with E-state index >= 15 is 0 Å². The number of halogens is 1. The average Bonchev–Trinajstić information content (AvgIpc) is 3.27. The molecule has 0 aliphatic heterocycles. The van der Waals surface area contributed by atoms with Gasteiger partial charge < -0.3 is 14.3 Å². The predicted octanol–water partition coefficient (Wildman–Crippen LogP) is 5.27. The van der Waals surface area contributed by atoms with Crippen molar-refractivity contribution in [3.8, 4) is 5.69 Å². The van der Waals surface area contributed by atoms with E-state index in [2.05, 4.69) is 4.98 Å². The molecule has 0 atom stereocenters. The van der Waals surface area contributed by atoms with E-state index in [1.165, 1.54) is 0 Å². The van der Waals surface area contributed by atoms with Crippen molar-refractivity contribution in [1.82, 2.24) is 9.55 Å². The average molecular weight is 407 g/mol. The Kier molecular flexibility index (Phi) is 4.99. The number of aryl methyl sites for hydroxylation is 1. The van der Waals surface area contributed by atoms with Crippen LogP contribution in [0.4, 0.5) is 0 Å². The molecular weight excluding hydrogens is 388 g/mol. The number of ketones is 1. The van der Waals surface area contributed by atoms with Crippen molar-refractivity contribution in [3.63, 3.8) is 0 Å². The third-order valence-corrected chi connectivity index (χ3v) is 5.15. The third kappa shape index (κ3) is 3.69. The van der Waals surface area contributed by atoms with Crippen LogP contribution in [-0.2, 0) is 4.74 Å². The molecule has 6 heteroatoms. The number of rotatable bonds is 5. The van der Waals surface area contributed by atoms with Gasteiger partial charge in [0.25, 0.3) is 0 Å². The van der Waals surface area contributed by atoms with E-state index in [4.69, 9.17) is 16.3 Å². The molecule has 2 heterocycles. The summed E-state index contributed by atoms with van der Waals surface area (Å²) in [5.41, 5.74) is 4.31. The third-order valence-electron chi connectivity index (χ3n) is 4.90. The molecule has 29 heavy (non-hydrogen) atoms. The number of hydrogen-bond donors (Lipinski definition) is 1. The number of esters is 1. The van der Waals surface area contributed by atoms with Crippen LogP contribution in [0.25, 0.3) is 16.6 Å². The standard InChI is InChI=1S/C23H19ClN2O3/c1-14-11-19(15(2)26(14)18-9-7-17(24)8-10-18)22(27)13-29-23(28)21-12-16-5-3-4-6-20(16)25-21/h3-12,25H,13H2,1-2H3. The van der Waals surface area contributed by atoms with Crippen molar-refractivity contribution >= 4 is 34.3 Å². The minimum Gasteiger partial charge on any atom is -0.453 e. The molecule has 4 rings (SSSR count). The number of benzene rings is 2. The lowest BCUT2D eigenvalue weighted by atomic mass is 10.1. The first-order valence-electron chi connectivity index (χ1n) is 9.17. The summed E-state index contributed by atoms with van der Waals surface area (Å²) in [6, 6.07) is 18.5. The van der Waals surface area contributed by atoms with Crippen molar-refractivity contribution < 1.29 is 14.3 Å². The van der Waals surface area contributed by atoms with Gasteiger partial charge in [0.05, 0.1) is 0 Å². The Hall–Kier alpha value is -3.31. The number of hydrogen-bond acceptors (Lipinski definition) is 3. The maximum Gasteiger partial charge on any atom is 0.355 e. The largest absolute Gasteiger partial charge is 0.453 e. The lowest BCUT2D eigenvalue weighted by Gasteiger charge is -2.10. The Morgan fingerprint density at radius 3 is 2.48 bits per heavy atom. The minimum atomic E-state index is -0.555. The highest BCUT2D eigenvalue weighted by molar-refractivity contribution is 6.30. The number of fused-ring (bicyclic) bond motifs is 1. The fourth-order valence-electron chi connectivity index (χ4n) is 3.50. The van der Waals surface area contributed by atoms with Gasteiger partial charge >= 0.3 is 5.97 Å². The van der Waals surface area contributed by atoms with Crippen molar-refractivity contribution in [2.24, 2.45) is 0 Å². The van der Waals surface area contributed by atoms with E-state index < -0.39 is 5.97 Å². The summed E-state index contributed by atoms with van der Waals surface area (Å²) in [5, 5.41) is 1.56. The van der Waals surface area contributed by atoms with E-state index in [1.807, 2.05) is 60.9 Å². The number of H-pyrrole nitrogens is 1. The molecule has 0 amide bonds. The Balaban J connectivity index is 1.50. The van der Waals surface area contributed by atoms with E-state index in [0.717, 1.165) is 28.0 Å². The fourth-order valence-corrected chi connectivity index (χ4v) is 3.63. The molecule has 2 aromatic carbocycles. The molecule has 0 fully saturated rings. The number of carbonyl (C=O) groups is 2. The zero-order valence-electron chi connectivity index (χ0n) is 16.0. The number of carbonyl (C=O) groups excluding carboxylic acids is 2. The molecule has 0 bridgehead atoms. The first kappa shape index (κ1) is 19.0. The highest BCUT2D eigenvalue weighted by Gasteiger charge is 2.19. The van der Waals surface area contributed by atoms with Gasteiger partial charge in [-0.1, -0.05) is 29.8 Å².